The van der Waals surface area contributed by atoms with Gasteiger partial charge in [-0.15, -0.1) is 11.8 Å². The number of hydrogen-bond acceptors (Lipinski definition) is 14. The molecule has 45 heavy (non-hydrogen) atoms. The maximum absolute atomic E-state index is 13.3. The Morgan fingerprint density at radius 3 is 2.76 bits per heavy atom. The predicted molar refractivity (Wildman–Crippen MR) is 162 cm³/mol. The minimum absolute atomic E-state index is 0.00719. The Bertz CT molecular complexity index is 1770. The van der Waals surface area contributed by atoms with Crippen LogP contribution in [0.4, 0.5) is 11.1 Å². The van der Waals surface area contributed by atoms with Crippen molar-refractivity contribution in [2.75, 3.05) is 30.8 Å². The number of oxime groups is 1. The van der Waals surface area contributed by atoms with E-state index in [0.717, 1.165) is 21.8 Å². The van der Waals surface area contributed by atoms with E-state index in [1.807, 2.05) is 17.7 Å². The number of aromatic nitrogens is 4. The minimum Gasteiger partial charge on any atom is -0.543 e. The highest BCUT2D eigenvalue weighted by Gasteiger charge is 2.53. The fraction of sp³-hybridized carbons (Fsp3) is 0.360. The van der Waals surface area contributed by atoms with Crippen molar-refractivity contribution in [1.82, 2.24) is 30.1 Å². The third kappa shape index (κ3) is 6.10. The van der Waals surface area contributed by atoms with E-state index in [9.17, 15) is 24.3 Å². The maximum Gasteiger partial charge on any atom is 0.351 e. The zero-order chi connectivity index (χ0) is 32.6. The number of thiazole rings is 1. The number of carboxylic acid groups (broad SMARTS) is 2. The number of rotatable bonds is 12. The van der Waals surface area contributed by atoms with E-state index in [1.54, 1.807) is 16.8 Å². The molecule has 0 bridgehead atoms. The smallest absolute Gasteiger partial charge is 0.351 e. The number of nitrogens with zero attached hydrogens (tertiary/aromatic N) is 6. The molecule has 7 N–H and O–H groups in total. The summed E-state index contributed by atoms with van der Waals surface area (Å²) in [6.45, 7) is 2.51. The van der Waals surface area contributed by atoms with E-state index in [4.69, 9.17) is 33.0 Å². The first kappa shape index (κ1) is 31.9. The lowest BCUT2D eigenvalue weighted by Gasteiger charge is -2.50. The molecule has 2 amide bonds. The van der Waals surface area contributed by atoms with Crippen molar-refractivity contribution in [3.05, 3.63) is 39.6 Å². The van der Waals surface area contributed by atoms with Crippen LogP contribution in [0.2, 0.25) is 4.34 Å². The van der Waals surface area contributed by atoms with Gasteiger partial charge in [0.2, 0.25) is 6.10 Å². The number of aliphatic carboxylic acids is 2. The Balaban J connectivity index is 1.39. The van der Waals surface area contributed by atoms with Gasteiger partial charge in [-0.2, -0.15) is 0 Å². The van der Waals surface area contributed by atoms with Crippen LogP contribution in [0.3, 0.4) is 0 Å². The van der Waals surface area contributed by atoms with Crippen LogP contribution in [0, 0.1) is 0 Å². The highest BCUT2D eigenvalue weighted by molar-refractivity contribution is 8.00. The molecule has 0 spiro atoms. The highest BCUT2D eigenvalue weighted by atomic mass is 35.5. The lowest BCUT2D eigenvalue weighted by atomic mass is 10.0. The normalized spacial score (nSPS) is 18.9. The molecule has 3 atom stereocenters. The Hall–Kier alpha value is -4.46. The number of imidazole rings is 1. The van der Waals surface area contributed by atoms with Crippen LogP contribution in [0.25, 0.3) is 11.2 Å². The number of thioether (sulfide) groups is 1. The van der Waals surface area contributed by atoms with Crippen molar-refractivity contribution in [1.29, 1.82) is 0 Å². The van der Waals surface area contributed by atoms with Gasteiger partial charge in [-0.3, -0.25) is 19.1 Å². The number of fused-ring (bicyclic) bond motifs is 2. The molecule has 3 aromatic rings. The van der Waals surface area contributed by atoms with Gasteiger partial charge in [-0.05, 0) is 31.1 Å². The van der Waals surface area contributed by atoms with E-state index in [-0.39, 0.29) is 33.2 Å². The number of nitrogen functional groups attached to an aromatic ring is 2. The van der Waals surface area contributed by atoms with Crippen molar-refractivity contribution in [3.8, 4) is 0 Å². The molecule has 3 aromatic heterocycles. The number of halogens is 1. The standard InChI is InChI=1S/C25H27ClN10O7S2/c1-10(22(39)40)43-33-14(13-17(26)45-25(28)31-13)19(37)30-15-20(38)36-16(23(41)42)11(9-44-21(15)36)8-34-6-3-4-12-18(34)32-24(27)35(12)7-5-29-2/h3-4,6,10,15,21,27,29H,5,7-9H2,1-2H3,(H5,28,30,31,37,39,40,41,42)/b33-14-/t10-,15+,21?/m0/s1. The van der Waals surface area contributed by atoms with Gasteiger partial charge in [0.1, 0.15) is 33.5 Å². The quantitative estimate of drug-likeness (QED) is 0.0610. The van der Waals surface area contributed by atoms with Gasteiger partial charge in [0.05, 0.1) is 17.9 Å². The summed E-state index contributed by atoms with van der Waals surface area (Å²) in [7, 11) is 1.82. The number of carboxylic acids is 2. The molecule has 0 aromatic carbocycles. The fourth-order valence-electron chi connectivity index (χ4n) is 4.78. The van der Waals surface area contributed by atoms with Crippen molar-refractivity contribution in [3.63, 3.8) is 0 Å². The van der Waals surface area contributed by atoms with Crippen molar-refractivity contribution >= 4 is 86.4 Å². The highest BCUT2D eigenvalue weighted by Crippen LogP contribution is 2.40. The molecular weight excluding hydrogens is 652 g/mol. The molecule has 2 aliphatic rings. The number of likely N-dealkylation sites (N-methyl/N-ethyl adjacent to an activating group) is 1. The van der Waals surface area contributed by atoms with Crippen molar-refractivity contribution in [2.24, 2.45) is 5.16 Å². The molecule has 0 radical (unpaired) electrons. The van der Waals surface area contributed by atoms with Gasteiger partial charge >= 0.3 is 17.6 Å². The summed E-state index contributed by atoms with van der Waals surface area (Å²) in [6.07, 6.45) is 0.313. The van der Waals surface area contributed by atoms with E-state index in [2.05, 4.69) is 25.8 Å². The Morgan fingerprint density at radius 2 is 2.11 bits per heavy atom. The summed E-state index contributed by atoms with van der Waals surface area (Å²) in [5, 5.41) is 29.9. The largest absolute Gasteiger partial charge is 0.543 e. The van der Waals surface area contributed by atoms with Crippen LogP contribution >= 0.6 is 34.7 Å². The Labute approximate surface area is 267 Å². The molecular formula is C25H27ClN10O7S2. The molecule has 0 saturated carbocycles. The minimum atomic E-state index is -1.55. The first-order valence-electron chi connectivity index (χ1n) is 13.3. The average Bonchev–Trinajstić information content (AvgIpc) is 3.51. The summed E-state index contributed by atoms with van der Waals surface area (Å²) < 4.78 is 3.57. The fourth-order valence-corrected chi connectivity index (χ4v) is 7.05. The molecule has 1 fully saturated rings. The van der Waals surface area contributed by atoms with E-state index >= 15 is 0 Å². The van der Waals surface area contributed by atoms with Crippen LogP contribution in [-0.4, -0.2) is 90.9 Å². The van der Waals surface area contributed by atoms with Gasteiger partial charge in [0, 0.05) is 24.4 Å². The number of nitrogens with one attached hydrogen (secondary N) is 2. The number of amides is 2. The number of carbonyl (C=O) groups excluding carboxylic acids is 3. The summed E-state index contributed by atoms with van der Waals surface area (Å²) in [4.78, 5) is 64.6. The number of anilines is 2. The molecule has 1 unspecified atom stereocenters. The van der Waals surface area contributed by atoms with Crippen molar-refractivity contribution < 1.29 is 38.8 Å². The lowest BCUT2D eigenvalue weighted by molar-refractivity contribution is -0.664. The Morgan fingerprint density at radius 1 is 1.36 bits per heavy atom. The molecule has 238 valence electrons. The second-order valence-corrected chi connectivity index (χ2v) is 12.6. The molecule has 17 nitrogen and oxygen atoms in total. The summed E-state index contributed by atoms with van der Waals surface area (Å²) in [5.41, 5.74) is 12.6. The van der Waals surface area contributed by atoms with Crippen molar-refractivity contribution in [2.45, 2.75) is 37.5 Å². The number of pyridine rings is 1. The topological polar surface area (TPSA) is 247 Å². The van der Waals surface area contributed by atoms with Gasteiger partial charge in [-0.1, -0.05) is 28.1 Å². The second-order valence-electron chi connectivity index (χ2n) is 9.87. The van der Waals surface area contributed by atoms with Crippen LogP contribution in [0.5, 0.6) is 0 Å². The van der Waals surface area contributed by atoms with E-state index in [0.29, 0.717) is 30.3 Å². The first-order valence-corrected chi connectivity index (χ1v) is 15.5. The van der Waals surface area contributed by atoms with Gasteiger partial charge < -0.3 is 41.9 Å². The Kier molecular flexibility index (Phi) is 9.14. The maximum atomic E-state index is 13.3. The van der Waals surface area contributed by atoms with Crippen LogP contribution in [0.1, 0.15) is 12.6 Å². The number of nitrogens with two attached hydrogens (primary N) is 2. The van der Waals surface area contributed by atoms with Gasteiger partial charge in [0.25, 0.3) is 11.8 Å². The van der Waals surface area contributed by atoms with Crippen LogP contribution < -0.4 is 31.8 Å². The molecule has 2 aliphatic heterocycles. The number of carbonyl (C=O) groups is 4. The third-order valence-corrected chi connectivity index (χ3v) is 9.40. The van der Waals surface area contributed by atoms with E-state index < -0.39 is 47.0 Å². The SMILES string of the molecule is CNCCn1c(N)nc2c1ccc[n+]2CC1=C(C(=O)[O-])N2C(=O)[C@@H](NC(=O)/C(=N\O[C@@H](C)C(=O)O)c3nc(N)sc3Cl)C2SC1. The lowest BCUT2D eigenvalue weighted by Crippen LogP contribution is -2.71. The molecule has 1 saturated heterocycles. The zero-order valence-corrected chi connectivity index (χ0v) is 26.1. The third-order valence-electron chi connectivity index (χ3n) is 6.97. The first-order chi connectivity index (χ1) is 21.4. The summed E-state index contributed by atoms with van der Waals surface area (Å²) >= 11 is 8.24. The van der Waals surface area contributed by atoms with Crippen LogP contribution in [0.15, 0.2) is 34.8 Å². The monoisotopic (exact) mass is 678 g/mol. The number of β-lactam (4-membered cyclic amide) rings is 1. The predicted octanol–water partition coefficient (Wildman–Crippen LogP) is -1.88. The van der Waals surface area contributed by atoms with E-state index in [1.165, 1.54) is 18.7 Å². The zero-order valence-electron chi connectivity index (χ0n) is 23.7. The van der Waals surface area contributed by atoms with Gasteiger partial charge in [-0.25, -0.2) is 14.3 Å². The molecule has 5 heterocycles. The van der Waals surface area contributed by atoms with Crippen LogP contribution in [-0.2, 0) is 37.1 Å². The molecule has 20 heteroatoms. The van der Waals surface area contributed by atoms with Gasteiger partial charge in [0.15, 0.2) is 10.8 Å². The summed E-state index contributed by atoms with van der Waals surface area (Å²) in [6, 6.07) is 2.49. The second kappa shape index (κ2) is 12.9. The molecule has 0 aliphatic carbocycles. The molecule has 5 rings (SSSR count). The summed E-state index contributed by atoms with van der Waals surface area (Å²) in [5.74, 6) is -4.07. The average molecular weight is 679 g/mol. The number of hydrogen-bond donors (Lipinski definition) is 5.